The van der Waals surface area contributed by atoms with Gasteiger partial charge in [-0.05, 0) is 50.6 Å². The lowest BCUT2D eigenvalue weighted by molar-refractivity contribution is 0.0308. The van der Waals surface area contributed by atoms with Crippen LogP contribution >= 0.6 is 0 Å². The molecule has 1 aliphatic heterocycles. The lowest BCUT2D eigenvalue weighted by atomic mass is 9.73. The molecule has 2 aliphatic rings. The number of β-amino-alcohol motifs (C(OH)–C–C–N with tert-alkyl or cyclic N) is 1. The monoisotopic (exact) mass is 268 g/mol. The summed E-state index contributed by atoms with van der Waals surface area (Å²) < 4.78 is 0. The van der Waals surface area contributed by atoms with Crippen molar-refractivity contribution >= 4 is 0 Å². The van der Waals surface area contributed by atoms with Gasteiger partial charge in [0.2, 0.25) is 0 Å². The Balaban J connectivity index is 1.88. The highest BCUT2D eigenvalue weighted by atomic mass is 16.3. The highest BCUT2D eigenvalue weighted by Gasteiger charge is 2.34. The second-order valence-corrected chi connectivity index (χ2v) is 6.77. The van der Waals surface area contributed by atoms with Gasteiger partial charge in [0, 0.05) is 19.6 Å². The molecule has 2 fully saturated rings. The van der Waals surface area contributed by atoms with Crippen molar-refractivity contribution in [2.45, 2.75) is 64.4 Å². The van der Waals surface area contributed by atoms with Crippen LogP contribution in [0, 0.1) is 5.41 Å². The number of hydrogen-bond donors (Lipinski definition) is 2. The fraction of sp³-hybridized carbons (Fsp3) is 1.00. The van der Waals surface area contributed by atoms with E-state index in [1.165, 1.54) is 64.6 Å². The number of aliphatic hydroxyl groups is 1. The van der Waals surface area contributed by atoms with Crippen molar-refractivity contribution in [3.05, 3.63) is 0 Å². The first-order chi connectivity index (χ1) is 9.24. The molecule has 0 radical (unpaired) electrons. The van der Waals surface area contributed by atoms with Gasteiger partial charge in [-0.25, -0.2) is 0 Å². The van der Waals surface area contributed by atoms with E-state index in [1.54, 1.807) is 0 Å². The first-order valence-electron chi connectivity index (χ1n) is 8.35. The lowest BCUT2D eigenvalue weighted by Gasteiger charge is -2.43. The third-order valence-corrected chi connectivity index (χ3v) is 4.88. The highest BCUT2D eigenvalue weighted by molar-refractivity contribution is 4.89. The van der Waals surface area contributed by atoms with Gasteiger partial charge in [0.25, 0.3) is 0 Å². The molecular formula is C16H32N2O. The number of hydrogen-bond acceptors (Lipinski definition) is 3. The molecule has 3 heteroatoms. The first-order valence-corrected chi connectivity index (χ1v) is 8.35. The van der Waals surface area contributed by atoms with Gasteiger partial charge >= 0.3 is 0 Å². The van der Waals surface area contributed by atoms with E-state index in [2.05, 4.69) is 17.1 Å². The molecule has 1 atom stereocenters. The van der Waals surface area contributed by atoms with Crippen LogP contribution in [-0.4, -0.2) is 48.8 Å². The normalized spacial score (nSPS) is 28.4. The predicted molar refractivity (Wildman–Crippen MR) is 80.4 cm³/mol. The van der Waals surface area contributed by atoms with Crippen LogP contribution in [-0.2, 0) is 0 Å². The summed E-state index contributed by atoms with van der Waals surface area (Å²) in [5, 5.41) is 13.5. The van der Waals surface area contributed by atoms with E-state index in [9.17, 15) is 5.11 Å². The summed E-state index contributed by atoms with van der Waals surface area (Å²) in [6.45, 7) is 7.84. The Labute approximate surface area is 118 Å². The van der Waals surface area contributed by atoms with Gasteiger partial charge in [-0.3, -0.25) is 0 Å². The standard InChI is InChI=1S/C16H32N2O/c1-2-10-17-13-16(8-4-3-5-9-16)14-18-11-6-7-15(19)12-18/h15,17,19H,2-14H2,1H3. The molecule has 0 spiro atoms. The van der Waals surface area contributed by atoms with Gasteiger partial charge in [-0.1, -0.05) is 26.2 Å². The van der Waals surface area contributed by atoms with Crippen LogP contribution in [0.25, 0.3) is 0 Å². The minimum absolute atomic E-state index is 0.0852. The molecule has 0 aromatic carbocycles. The Hall–Kier alpha value is -0.120. The van der Waals surface area contributed by atoms with Gasteiger partial charge in [0.15, 0.2) is 0 Å². The highest BCUT2D eigenvalue weighted by Crippen LogP contribution is 2.37. The summed E-state index contributed by atoms with van der Waals surface area (Å²) >= 11 is 0. The molecule has 1 saturated heterocycles. The smallest absolute Gasteiger partial charge is 0.0667 e. The predicted octanol–water partition coefficient (Wildman–Crippen LogP) is 2.39. The molecular weight excluding hydrogens is 236 g/mol. The molecule has 0 aromatic rings. The molecule has 112 valence electrons. The van der Waals surface area contributed by atoms with Crippen molar-refractivity contribution in [2.24, 2.45) is 5.41 Å². The Morgan fingerprint density at radius 2 is 2.00 bits per heavy atom. The second-order valence-electron chi connectivity index (χ2n) is 6.77. The van der Waals surface area contributed by atoms with E-state index in [0.29, 0.717) is 5.41 Å². The van der Waals surface area contributed by atoms with Crippen LogP contribution in [0.3, 0.4) is 0 Å². The largest absolute Gasteiger partial charge is 0.392 e. The second kappa shape index (κ2) is 7.61. The molecule has 1 heterocycles. The van der Waals surface area contributed by atoms with Crippen molar-refractivity contribution < 1.29 is 5.11 Å². The van der Waals surface area contributed by atoms with E-state index in [1.807, 2.05) is 0 Å². The summed E-state index contributed by atoms with van der Waals surface area (Å²) in [6, 6.07) is 0. The molecule has 0 bridgehead atoms. The Morgan fingerprint density at radius 3 is 2.68 bits per heavy atom. The Kier molecular flexibility index (Phi) is 6.11. The third-order valence-electron chi connectivity index (χ3n) is 4.88. The average Bonchev–Trinajstić information content (AvgIpc) is 2.40. The summed E-state index contributed by atoms with van der Waals surface area (Å²) in [4.78, 5) is 2.52. The van der Waals surface area contributed by atoms with Crippen LogP contribution in [0.15, 0.2) is 0 Å². The van der Waals surface area contributed by atoms with Gasteiger partial charge in [0.05, 0.1) is 6.10 Å². The van der Waals surface area contributed by atoms with Crippen molar-refractivity contribution in [2.75, 3.05) is 32.7 Å². The Morgan fingerprint density at radius 1 is 1.21 bits per heavy atom. The number of nitrogens with one attached hydrogen (secondary N) is 1. The van der Waals surface area contributed by atoms with E-state index in [-0.39, 0.29) is 6.10 Å². The number of rotatable bonds is 6. The minimum Gasteiger partial charge on any atom is -0.392 e. The maximum atomic E-state index is 9.85. The summed E-state index contributed by atoms with van der Waals surface area (Å²) in [7, 11) is 0. The number of piperidine rings is 1. The van der Waals surface area contributed by atoms with Crippen molar-refractivity contribution in [3.63, 3.8) is 0 Å². The van der Waals surface area contributed by atoms with Crippen LogP contribution in [0.2, 0.25) is 0 Å². The number of aliphatic hydroxyl groups excluding tert-OH is 1. The average molecular weight is 268 g/mol. The molecule has 1 unspecified atom stereocenters. The zero-order valence-corrected chi connectivity index (χ0v) is 12.7. The number of nitrogens with zero attached hydrogens (tertiary/aromatic N) is 1. The molecule has 0 aromatic heterocycles. The Bertz CT molecular complexity index is 251. The van der Waals surface area contributed by atoms with E-state index < -0.39 is 0 Å². The maximum Gasteiger partial charge on any atom is 0.0667 e. The first kappa shape index (κ1) is 15.3. The van der Waals surface area contributed by atoms with Crippen LogP contribution in [0.1, 0.15) is 58.3 Å². The fourth-order valence-corrected chi connectivity index (χ4v) is 3.87. The quantitative estimate of drug-likeness (QED) is 0.726. The zero-order valence-electron chi connectivity index (χ0n) is 12.7. The summed E-state index contributed by atoms with van der Waals surface area (Å²) in [5.74, 6) is 0. The lowest BCUT2D eigenvalue weighted by Crippen LogP contribution is -2.49. The topological polar surface area (TPSA) is 35.5 Å². The fourth-order valence-electron chi connectivity index (χ4n) is 3.87. The van der Waals surface area contributed by atoms with Crippen LogP contribution in [0.5, 0.6) is 0 Å². The van der Waals surface area contributed by atoms with E-state index in [0.717, 1.165) is 19.5 Å². The zero-order chi connectivity index (χ0) is 13.6. The van der Waals surface area contributed by atoms with Gasteiger partial charge in [0.1, 0.15) is 0 Å². The molecule has 3 nitrogen and oxygen atoms in total. The van der Waals surface area contributed by atoms with E-state index >= 15 is 0 Å². The third kappa shape index (κ3) is 4.73. The van der Waals surface area contributed by atoms with Crippen molar-refractivity contribution in [3.8, 4) is 0 Å². The van der Waals surface area contributed by atoms with E-state index in [4.69, 9.17) is 0 Å². The van der Waals surface area contributed by atoms with Gasteiger partial charge < -0.3 is 15.3 Å². The molecule has 1 saturated carbocycles. The van der Waals surface area contributed by atoms with Crippen LogP contribution < -0.4 is 5.32 Å². The van der Waals surface area contributed by atoms with Gasteiger partial charge in [-0.2, -0.15) is 0 Å². The SMILES string of the molecule is CCCNCC1(CN2CCCC(O)C2)CCCCC1. The van der Waals surface area contributed by atoms with Crippen molar-refractivity contribution in [1.29, 1.82) is 0 Å². The van der Waals surface area contributed by atoms with Gasteiger partial charge in [-0.15, -0.1) is 0 Å². The summed E-state index contributed by atoms with van der Waals surface area (Å²) in [5.41, 5.74) is 0.477. The molecule has 0 amide bonds. The molecule has 1 aliphatic carbocycles. The minimum atomic E-state index is -0.0852. The molecule has 19 heavy (non-hydrogen) atoms. The van der Waals surface area contributed by atoms with Crippen molar-refractivity contribution in [1.82, 2.24) is 10.2 Å². The molecule has 2 N–H and O–H groups in total. The summed E-state index contributed by atoms with van der Waals surface area (Å²) in [6.07, 6.45) is 10.2. The van der Waals surface area contributed by atoms with Crippen LogP contribution in [0.4, 0.5) is 0 Å². The maximum absolute atomic E-state index is 9.85. The molecule has 2 rings (SSSR count). The number of likely N-dealkylation sites (tertiary alicyclic amines) is 1.